The monoisotopic (exact) mass is 389 g/mol. The van der Waals surface area contributed by atoms with Gasteiger partial charge in [-0.15, -0.1) is 11.3 Å². The van der Waals surface area contributed by atoms with Crippen molar-refractivity contribution in [1.29, 1.82) is 0 Å². The fourth-order valence-electron chi connectivity index (χ4n) is 2.69. The molecular weight excluding hydrogens is 374 g/mol. The topological polar surface area (TPSA) is 87.2 Å². The van der Waals surface area contributed by atoms with Crippen molar-refractivity contribution in [3.63, 3.8) is 0 Å². The Hall–Kier alpha value is -2.39. The first-order chi connectivity index (χ1) is 12.6. The van der Waals surface area contributed by atoms with Crippen LogP contribution in [0.4, 0.5) is 0 Å². The molecule has 1 atom stereocenters. The van der Waals surface area contributed by atoms with E-state index in [1.165, 1.54) is 11.8 Å². The van der Waals surface area contributed by atoms with Gasteiger partial charge in [-0.3, -0.25) is 14.2 Å². The first-order valence-corrected chi connectivity index (χ1v) is 9.84. The number of esters is 1. The molecule has 0 saturated carbocycles. The molecule has 3 aromatic heterocycles. The average molecular weight is 389 g/mol. The predicted octanol–water partition coefficient (Wildman–Crippen LogP) is 3.05. The highest BCUT2D eigenvalue weighted by Gasteiger charge is 2.28. The molecule has 1 unspecified atom stereocenters. The normalized spacial score (nSPS) is 15.8. The summed E-state index contributed by atoms with van der Waals surface area (Å²) in [5.74, 6) is 0.908. The predicted molar refractivity (Wildman–Crippen MR) is 97.2 cm³/mol. The van der Waals surface area contributed by atoms with E-state index in [0.717, 1.165) is 4.88 Å². The van der Waals surface area contributed by atoms with Crippen LogP contribution in [0.15, 0.2) is 44.3 Å². The third-order valence-corrected chi connectivity index (χ3v) is 6.00. The summed E-state index contributed by atoms with van der Waals surface area (Å²) in [5.41, 5.74) is 1.02. The van der Waals surface area contributed by atoms with Crippen LogP contribution in [0.3, 0.4) is 0 Å². The van der Waals surface area contributed by atoms with E-state index < -0.39 is 0 Å². The zero-order valence-corrected chi connectivity index (χ0v) is 15.5. The molecule has 4 rings (SSSR count). The van der Waals surface area contributed by atoms with Crippen molar-refractivity contribution in [2.45, 2.75) is 31.1 Å². The molecule has 0 aromatic carbocycles. The Kier molecular flexibility index (Phi) is 4.64. The van der Waals surface area contributed by atoms with E-state index in [2.05, 4.69) is 10.1 Å². The molecule has 0 radical (unpaired) electrons. The maximum atomic E-state index is 12.3. The minimum Gasteiger partial charge on any atom is -0.459 e. The third kappa shape index (κ3) is 3.32. The molecule has 3 aromatic rings. The highest BCUT2D eigenvalue weighted by molar-refractivity contribution is 7.99. The van der Waals surface area contributed by atoms with Crippen molar-refractivity contribution in [2.75, 3.05) is 5.75 Å². The maximum Gasteiger partial charge on any atom is 0.308 e. The summed E-state index contributed by atoms with van der Waals surface area (Å²) >= 11 is 3.02. The van der Waals surface area contributed by atoms with Gasteiger partial charge < -0.3 is 9.26 Å². The van der Waals surface area contributed by atoms with E-state index in [1.807, 2.05) is 17.5 Å². The molecule has 0 amide bonds. The summed E-state index contributed by atoms with van der Waals surface area (Å²) in [6, 6.07) is 5.39. The fourth-order valence-corrected chi connectivity index (χ4v) is 4.47. The Balaban J connectivity index is 1.38. The van der Waals surface area contributed by atoms with Crippen molar-refractivity contribution in [1.82, 2.24) is 14.7 Å². The molecule has 0 fully saturated rings. The Morgan fingerprint density at radius 2 is 2.38 bits per heavy atom. The molecule has 0 N–H and O–H groups in total. The number of hydrogen-bond donors (Lipinski definition) is 0. The molecule has 26 heavy (non-hydrogen) atoms. The summed E-state index contributed by atoms with van der Waals surface area (Å²) < 4.78 is 12.2. The van der Waals surface area contributed by atoms with Crippen LogP contribution in [-0.4, -0.2) is 26.4 Å². The molecule has 1 aliphatic rings. The van der Waals surface area contributed by atoms with Gasteiger partial charge in [-0.05, 0) is 18.4 Å². The minimum absolute atomic E-state index is 0.0431. The molecule has 0 aliphatic carbocycles. The SMILES string of the molecule is Cc1cnc2n(c1=O)C(CC(=O)OCc1cc(-c3cccs3)on1)CS2. The van der Waals surface area contributed by atoms with Crippen LogP contribution < -0.4 is 5.56 Å². The number of thiophene rings is 1. The Labute approximate surface area is 157 Å². The number of aryl methyl sites for hydroxylation is 1. The van der Waals surface area contributed by atoms with Crippen molar-refractivity contribution in [3.8, 4) is 10.6 Å². The van der Waals surface area contributed by atoms with Crippen molar-refractivity contribution in [3.05, 3.63) is 51.4 Å². The first kappa shape index (κ1) is 17.0. The van der Waals surface area contributed by atoms with Gasteiger partial charge in [0.05, 0.1) is 17.3 Å². The number of carbonyl (C=O) groups excluding carboxylic acids is 1. The van der Waals surface area contributed by atoms with E-state index >= 15 is 0 Å². The average Bonchev–Trinajstić information content (AvgIpc) is 3.36. The van der Waals surface area contributed by atoms with Crippen LogP contribution in [0.1, 0.15) is 23.7 Å². The first-order valence-electron chi connectivity index (χ1n) is 7.98. The highest BCUT2D eigenvalue weighted by atomic mass is 32.2. The lowest BCUT2D eigenvalue weighted by Crippen LogP contribution is -2.27. The lowest BCUT2D eigenvalue weighted by Gasteiger charge is -2.12. The van der Waals surface area contributed by atoms with Crippen molar-refractivity contribution >= 4 is 29.1 Å². The third-order valence-electron chi connectivity index (χ3n) is 4.01. The smallest absolute Gasteiger partial charge is 0.308 e. The molecule has 0 spiro atoms. The number of fused-ring (bicyclic) bond motifs is 1. The van der Waals surface area contributed by atoms with Crippen LogP contribution in [0, 0.1) is 6.92 Å². The fraction of sp³-hybridized carbons (Fsp3) is 0.294. The van der Waals surface area contributed by atoms with Gasteiger partial charge in [0.15, 0.2) is 10.9 Å². The summed E-state index contributed by atoms with van der Waals surface area (Å²) in [4.78, 5) is 29.7. The summed E-state index contributed by atoms with van der Waals surface area (Å²) in [6.45, 7) is 1.76. The van der Waals surface area contributed by atoms with E-state index in [1.54, 1.807) is 35.1 Å². The summed E-state index contributed by atoms with van der Waals surface area (Å²) in [7, 11) is 0. The zero-order chi connectivity index (χ0) is 18.1. The molecule has 134 valence electrons. The van der Waals surface area contributed by atoms with Gasteiger partial charge in [0.2, 0.25) is 0 Å². The van der Waals surface area contributed by atoms with Gasteiger partial charge in [-0.25, -0.2) is 4.98 Å². The van der Waals surface area contributed by atoms with E-state index in [4.69, 9.17) is 9.26 Å². The van der Waals surface area contributed by atoms with Crippen LogP contribution in [0.5, 0.6) is 0 Å². The van der Waals surface area contributed by atoms with Gasteiger partial charge >= 0.3 is 5.97 Å². The second-order valence-corrected chi connectivity index (χ2v) is 7.82. The van der Waals surface area contributed by atoms with Gasteiger partial charge in [-0.1, -0.05) is 23.0 Å². The molecule has 7 nitrogen and oxygen atoms in total. The number of nitrogens with zero attached hydrogens (tertiary/aromatic N) is 3. The number of hydrogen-bond acceptors (Lipinski definition) is 8. The number of rotatable bonds is 5. The second-order valence-electron chi connectivity index (χ2n) is 5.89. The quantitative estimate of drug-likeness (QED) is 0.489. The standard InChI is InChI=1S/C17H15N3O4S2/c1-10-7-18-17-20(16(10)22)12(9-26-17)6-15(21)23-8-11-5-13(24-19-11)14-3-2-4-25-14/h2-5,7,12H,6,8-9H2,1H3. The number of carbonyl (C=O) groups is 1. The van der Waals surface area contributed by atoms with Crippen LogP contribution in [-0.2, 0) is 16.1 Å². The highest BCUT2D eigenvalue weighted by Crippen LogP contribution is 2.32. The van der Waals surface area contributed by atoms with Gasteiger partial charge in [0.25, 0.3) is 5.56 Å². The van der Waals surface area contributed by atoms with Gasteiger partial charge in [-0.2, -0.15) is 0 Å². The molecule has 0 bridgehead atoms. The second kappa shape index (κ2) is 7.08. The van der Waals surface area contributed by atoms with Gasteiger partial charge in [0.1, 0.15) is 12.3 Å². The van der Waals surface area contributed by atoms with E-state index in [9.17, 15) is 9.59 Å². The minimum atomic E-state index is -0.377. The summed E-state index contributed by atoms with van der Waals surface area (Å²) in [6.07, 6.45) is 1.69. The largest absolute Gasteiger partial charge is 0.459 e. The van der Waals surface area contributed by atoms with Crippen molar-refractivity contribution < 1.29 is 14.1 Å². The lowest BCUT2D eigenvalue weighted by atomic mass is 10.2. The molecule has 9 heteroatoms. The van der Waals surface area contributed by atoms with E-state index in [0.29, 0.717) is 27.9 Å². The Morgan fingerprint density at radius 1 is 1.50 bits per heavy atom. The molecule has 0 saturated heterocycles. The van der Waals surface area contributed by atoms with Crippen molar-refractivity contribution in [2.24, 2.45) is 0 Å². The molecule has 4 heterocycles. The maximum absolute atomic E-state index is 12.3. The van der Waals surface area contributed by atoms with Crippen LogP contribution in [0.25, 0.3) is 10.6 Å². The Bertz CT molecular complexity index is 994. The van der Waals surface area contributed by atoms with Crippen LogP contribution >= 0.6 is 23.1 Å². The van der Waals surface area contributed by atoms with Gasteiger partial charge in [0, 0.05) is 23.6 Å². The zero-order valence-electron chi connectivity index (χ0n) is 13.9. The molecule has 1 aliphatic heterocycles. The number of aromatic nitrogens is 3. The van der Waals surface area contributed by atoms with E-state index in [-0.39, 0.29) is 30.6 Å². The summed E-state index contributed by atoms with van der Waals surface area (Å²) in [5, 5.41) is 6.52. The number of ether oxygens (including phenoxy) is 1. The lowest BCUT2D eigenvalue weighted by molar-refractivity contribution is -0.145. The van der Waals surface area contributed by atoms with Crippen LogP contribution in [0.2, 0.25) is 0 Å². The molecular formula is C17H15N3O4S2. The number of thioether (sulfide) groups is 1. The Morgan fingerprint density at radius 3 is 3.19 bits per heavy atom.